The lowest BCUT2D eigenvalue weighted by atomic mass is 9.97. The van der Waals surface area contributed by atoms with Gasteiger partial charge in [0.15, 0.2) is 11.8 Å². The Bertz CT molecular complexity index is 629. The van der Waals surface area contributed by atoms with Crippen molar-refractivity contribution < 1.29 is 20.1 Å². The molecule has 4 atom stereocenters. The summed E-state index contributed by atoms with van der Waals surface area (Å²) >= 11 is 0. The van der Waals surface area contributed by atoms with Gasteiger partial charge in [-0.3, -0.25) is 14.3 Å². The Labute approximate surface area is 106 Å². The van der Waals surface area contributed by atoms with Gasteiger partial charge in [0, 0.05) is 12.3 Å². The van der Waals surface area contributed by atoms with E-state index < -0.39 is 41.9 Å². The highest BCUT2D eigenvalue weighted by Gasteiger charge is 2.54. The predicted octanol–water partition coefficient (Wildman–Crippen LogP) is -2.85. The van der Waals surface area contributed by atoms with Crippen molar-refractivity contribution in [2.24, 2.45) is 0 Å². The highest BCUT2D eigenvalue weighted by atomic mass is 16.6. The zero-order chi connectivity index (χ0) is 14.2. The summed E-state index contributed by atoms with van der Waals surface area (Å²) in [4.78, 5) is 24.5. The molecule has 0 aromatic carbocycles. The van der Waals surface area contributed by atoms with Gasteiger partial charge in [-0.15, -0.1) is 6.42 Å². The van der Waals surface area contributed by atoms with Gasteiger partial charge in [0.05, 0.1) is 6.61 Å². The predicted molar refractivity (Wildman–Crippen MR) is 62.1 cm³/mol. The van der Waals surface area contributed by atoms with Crippen LogP contribution in [0.15, 0.2) is 21.9 Å². The van der Waals surface area contributed by atoms with Gasteiger partial charge in [0.25, 0.3) is 5.56 Å². The van der Waals surface area contributed by atoms with Crippen LogP contribution in [0.2, 0.25) is 0 Å². The summed E-state index contributed by atoms with van der Waals surface area (Å²) in [5.74, 6) is 2.07. The van der Waals surface area contributed by atoms with Crippen molar-refractivity contribution in [3.05, 3.63) is 33.1 Å². The molecular weight excluding hydrogens is 256 g/mol. The number of aromatic amines is 1. The third kappa shape index (κ3) is 1.98. The van der Waals surface area contributed by atoms with E-state index in [1.807, 2.05) is 4.98 Å². The number of aromatic nitrogens is 2. The molecule has 1 aromatic heterocycles. The van der Waals surface area contributed by atoms with Crippen LogP contribution in [-0.4, -0.2) is 49.3 Å². The van der Waals surface area contributed by atoms with Crippen LogP contribution >= 0.6 is 0 Å². The van der Waals surface area contributed by atoms with Crippen LogP contribution in [0.1, 0.15) is 6.23 Å². The summed E-state index contributed by atoms with van der Waals surface area (Å²) in [6.45, 7) is -0.726. The minimum atomic E-state index is -1.79. The Hall–Kier alpha value is -1.92. The topological polar surface area (TPSA) is 125 Å². The van der Waals surface area contributed by atoms with Crippen molar-refractivity contribution in [3.63, 3.8) is 0 Å². The van der Waals surface area contributed by atoms with Crippen molar-refractivity contribution in [2.75, 3.05) is 6.61 Å². The number of aliphatic hydroxyl groups is 3. The molecule has 4 N–H and O–H groups in total. The van der Waals surface area contributed by atoms with Crippen molar-refractivity contribution in [3.8, 4) is 12.3 Å². The standard InChI is InChI=1S/C11H12N2O6/c1-2-11(5-14)8(17)7(16)9(19-11)13-4-3-6(15)12-10(13)18/h1,3-4,7-9,14,16-17H,5H2,(H,12,15,18)/t7?,8?,9-,11-/m0/s1. The van der Waals surface area contributed by atoms with E-state index in [4.69, 9.17) is 11.2 Å². The van der Waals surface area contributed by atoms with Crippen molar-refractivity contribution in [1.29, 1.82) is 0 Å². The van der Waals surface area contributed by atoms with Crippen LogP contribution in [0.25, 0.3) is 0 Å². The maximum absolute atomic E-state index is 11.6. The Morgan fingerprint density at radius 2 is 2.21 bits per heavy atom. The monoisotopic (exact) mass is 268 g/mol. The molecule has 8 heteroatoms. The third-order valence-corrected chi connectivity index (χ3v) is 3.03. The van der Waals surface area contributed by atoms with Crippen LogP contribution in [-0.2, 0) is 4.74 Å². The lowest BCUT2D eigenvalue weighted by Crippen LogP contribution is -2.45. The highest BCUT2D eigenvalue weighted by molar-refractivity contribution is 5.18. The van der Waals surface area contributed by atoms with Crippen LogP contribution in [0.3, 0.4) is 0 Å². The number of terminal acetylenes is 1. The average molecular weight is 268 g/mol. The maximum atomic E-state index is 11.6. The average Bonchev–Trinajstić information content (AvgIpc) is 2.64. The zero-order valence-electron chi connectivity index (χ0n) is 9.68. The molecule has 0 radical (unpaired) electrons. The van der Waals surface area contributed by atoms with Gasteiger partial charge in [-0.2, -0.15) is 0 Å². The molecule has 2 heterocycles. The molecule has 0 saturated carbocycles. The number of ether oxygens (including phenoxy) is 1. The van der Waals surface area contributed by atoms with Crippen molar-refractivity contribution in [2.45, 2.75) is 24.0 Å². The van der Waals surface area contributed by atoms with Crippen LogP contribution < -0.4 is 11.2 Å². The van der Waals surface area contributed by atoms with Crippen molar-refractivity contribution >= 4 is 0 Å². The number of H-pyrrole nitrogens is 1. The van der Waals surface area contributed by atoms with Gasteiger partial charge in [-0.1, -0.05) is 5.92 Å². The molecule has 102 valence electrons. The van der Waals surface area contributed by atoms with Gasteiger partial charge in [-0.05, 0) is 0 Å². The number of nitrogens with one attached hydrogen (secondary N) is 1. The number of nitrogens with zero attached hydrogens (tertiary/aromatic N) is 1. The van der Waals surface area contributed by atoms with E-state index in [1.54, 1.807) is 0 Å². The second kappa shape index (κ2) is 4.64. The third-order valence-electron chi connectivity index (χ3n) is 3.03. The molecule has 0 spiro atoms. The van der Waals surface area contributed by atoms with E-state index in [0.717, 1.165) is 16.8 Å². The second-order valence-corrected chi connectivity index (χ2v) is 4.15. The zero-order valence-corrected chi connectivity index (χ0v) is 9.68. The summed E-state index contributed by atoms with van der Waals surface area (Å²) in [6, 6.07) is 1.05. The Morgan fingerprint density at radius 1 is 1.53 bits per heavy atom. The number of rotatable bonds is 2. The SMILES string of the molecule is C#C[C@@]1(CO)O[C@H](n2ccc(=O)[nH]c2=O)C(O)C1O. The van der Waals surface area contributed by atoms with E-state index in [-0.39, 0.29) is 0 Å². The molecule has 1 aliphatic heterocycles. The van der Waals surface area contributed by atoms with Crippen LogP contribution in [0.5, 0.6) is 0 Å². The summed E-state index contributed by atoms with van der Waals surface area (Å²) in [5, 5.41) is 28.9. The Balaban J connectivity index is 2.46. The number of aliphatic hydroxyl groups excluding tert-OH is 3. The minimum absolute atomic E-state index is 0.611. The quantitative estimate of drug-likeness (QED) is 0.428. The van der Waals surface area contributed by atoms with Gasteiger partial charge in [0.2, 0.25) is 0 Å². The first kappa shape index (κ1) is 13.5. The summed E-state index contributed by atoms with van der Waals surface area (Å²) < 4.78 is 6.11. The fourth-order valence-corrected chi connectivity index (χ4v) is 1.93. The maximum Gasteiger partial charge on any atom is 0.330 e. The second-order valence-electron chi connectivity index (χ2n) is 4.15. The van der Waals surface area contributed by atoms with E-state index >= 15 is 0 Å². The molecule has 1 fully saturated rings. The highest BCUT2D eigenvalue weighted by Crippen LogP contribution is 2.35. The molecule has 0 amide bonds. The normalized spacial score (nSPS) is 34.1. The first-order chi connectivity index (χ1) is 8.95. The largest absolute Gasteiger partial charge is 0.392 e. The minimum Gasteiger partial charge on any atom is -0.392 e. The van der Waals surface area contributed by atoms with Crippen LogP contribution in [0, 0.1) is 12.3 Å². The molecule has 1 aromatic rings. The molecule has 0 aliphatic carbocycles. The lowest BCUT2D eigenvalue weighted by Gasteiger charge is -2.23. The molecule has 2 unspecified atom stereocenters. The summed E-state index contributed by atoms with van der Waals surface area (Å²) in [7, 11) is 0. The fourth-order valence-electron chi connectivity index (χ4n) is 1.93. The summed E-state index contributed by atoms with van der Waals surface area (Å²) in [6.07, 6.45) is 1.90. The van der Waals surface area contributed by atoms with Gasteiger partial charge < -0.3 is 20.1 Å². The van der Waals surface area contributed by atoms with Crippen LogP contribution in [0.4, 0.5) is 0 Å². The molecule has 19 heavy (non-hydrogen) atoms. The van der Waals surface area contributed by atoms with E-state index in [1.165, 1.54) is 0 Å². The summed E-state index contributed by atoms with van der Waals surface area (Å²) in [5.41, 5.74) is -3.23. The van der Waals surface area contributed by atoms with Gasteiger partial charge >= 0.3 is 5.69 Å². The van der Waals surface area contributed by atoms with E-state index in [9.17, 15) is 24.9 Å². The molecular formula is C11H12N2O6. The van der Waals surface area contributed by atoms with Gasteiger partial charge in [-0.25, -0.2) is 4.79 Å². The number of hydrogen-bond acceptors (Lipinski definition) is 6. The molecule has 0 bridgehead atoms. The number of hydrogen-bond donors (Lipinski definition) is 4. The fraction of sp³-hybridized carbons (Fsp3) is 0.455. The lowest BCUT2D eigenvalue weighted by molar-refractivity contribution is -0.0936. The Morgan fingerprint density at radius 3 is 2.68 bits per heavy atom. The van der Waals surface area contributed by atoms with Crippen molar-refractivity contribution in [1.82, 2.24) is 9.55 Å². The molecule has 2 rings (SSSR count). The van der Waals surface area contributed by atoms with E-state index in [0.29, 0.717) is 0 Å². The molecule has 8 nitrogen and oxygen atoms in total. The smallest absolute Gasteiger partial charge is 0.330 e. The molecule has 1 saturated heterocycles. The first-order valence-corrected chi connectivity index (χ1v) is 5.39. The first-order valence-electron chi connectivity index (χ1n) is 5.39. The van der Waals surface area contributed by atoms with Gasteiger partial charge in [0.1, 0.15) is 12.2 Å². The molecule has 1 aliphatic rings. The Kier molecular flexibility index (Phi) is 3.30. The van der Waals surface area contributed by atoms with E-state index in [2.05, 4.69) is 5.92 Å².